The van der Waals surface area contributed by atoms with Crippen molar-refractivity contribution in [1.29, 1.82) is 0 Å². The molecule has 0 aromatic carbocycles. The highest BCUT2D eigenvalue weighted by atomic mass is 16.6. The summed E-state index contributed by atoms with van der Waals surface area (Å²) < 4.78 is 6.54. The molecule has 23 heavy (non-hydrogen) atoms. The van der Waals surface area contributed by atoms with Gasteiger partial charge in [-0.2, -0.15) is 0 Å². The first kappa shape index (κ1) is 16.9. The van der Waals surface area contributed by atoms with Crippen LogP contribution in [0.5, 0.6) is 0 Å². The van der Waals surface area contributed by atoms with Crippen LogP contribution >= 0.6 is 0 Å². The summed E-state index contributed by atoms with van der Waals surface area (Å²) in [5.74, 6) is -0.659. The number of nitrogens with zero attached hydrogens (tertiary/aromatic N) is 3. The Morgan fingerprint density at radius 2 is 2.22 bits per heavy atom. The first-order valence-corrected chi connectivity index (χ1v) is 7.46. The topological polar surface area (TPSA) is 115 Å². The van der Waals surface area contributed by atoms with Crippen molar-refractivity contribution in [1.82, 2.24) is 25.6 Å². The van der Waals surface area contributed by atoms with Crippen LogP contribution in [0.3, 0.4) is 0 Å². The minimum atomic E-state index is -0.577. The van der Waals surface area contributed by atoms with Crippen molar-refractivity contribution in [3.05, 3.63) is 11.9 Å². The average Bonchev–Trinajstić information content (AvgIpc) is 2.81. The second-order valence-electron chi connectivity index (χ2n) is 6.37. The second kappa shape index (κ2) is 6.76. The molecule has 9 heteroatoms. The number of rotatable bonds is 3. The van der Waals surface area contributed by atoms with E-state index in [1.54, 1.807) is 27.0 Å². The lowest BCUT2D eigenvalue weighted by atomic mass is 10.1. The minimum Gasteiger partial charge on any atom is -0.444 e. The van der Waals surface area contributed by atoms with Crippen molar-refractivity contribution in [2.75, 3.05) is 0 Å². The number of hydrogen-bond acceptors (Lipinski definition) is 6. The highest BCUT2D eigenvalue weighted by molar-refractivity contribution is 5.97. The number of aromatic nitrogens is 3. The van der Waals surface area contributed by atoms with E-state index in [4.69, 9.17) is 4.74 Å². The van der Waals surface area contributed by atoms with Gasteiger partial charge < -0.3 is 10.1 Å². The fourth-order valence-electron chi connectivity index (χ4n) is 2.15. The summed E-state index contributed by atoms with van der Waals surface area (Å²) in [7, 11) is 0. The average molecular weight is 323 g/mol. The number of carbonyl (C=O) groups is 3. The van der Waals surface area contributed by atoms with Crippen LogP contribution in [0, 0.1) is 0 Å². The lowest BCUT2D eigenvalue weighted by Gasteiger charge is -2.19. The van der Waals surface area contributed by atoms with Crippen molar-refractivity contribution < 1.29 is 19.1 Å². The molecule has 1 aromatic rings. The molecule has 2 heterocycles. The van der Waals surface area contributed by atoms with Crippen LogP contribution in [0.2, 0.25) is 0 Å². The summed E-state index contributed by atoms with van der Waals surface area (Å²) in [6, 6.07) is -0.566. The van der Waals surface area contributed by atoms with E-state index >= 15 is 0 Å². The van der Waals surface area contributed by atoms with E-state index in [9.17, 15) is 14.4 Å². The molecule has 1 atom stereocenters. The molecule has 1 aliphatic rings. The van der Waals surface area contributed by atoms with Gasteiger partial charge in [-0.15, -0.1) is 5.10 Å². The maximum atomic E-state index is 11.9. The van der Waals surface area contributed by atoms with E-state index in [0.717, 1.165) is 0 Å². The van der Waals surface area contributed by atoms with Gasteiger partial charge in [-0.3, -0.25) is 14.9 Å². The lowest BCUT2D eigenvalue weighted by Crippen LogP contribution is -2.34. The Kier molecular flexibility index (Phi) is 4.97. The van der Waals surface area contributed by atoms with E-state index < -0.39 is 17.7 Å². The van der Waals surface area contributed by atoms with Crippen molar-refractivity contribution in [3.63, 3.8) is 0 Å². The third-order valence-electron chi connectivity index (χ3n) is 3.14. The molecule has 3 amide bonds. The summed E-state index contributed by atoms with van der Waals surface area (Å²) >= 11 is 0. The van der Waals surface area contributed by atoms with Gasteiger partial charge in [0.15, 0.2) is 0 Å². The molecular formula is C14H21N5O4. The highest BCUT2D eigenvalue weighted by Gasteiger charge is 2.26. The third-order valence-corrected chi connectivity index (χ3v) is 3.14. The van der Waals surface area contributed by atoms with Crippen LogP contribution in [-0.2, 0) is 20.9 Å². The van der Waals surface area contributed by atoms with Gasteiger partial charge in [0.25, 0.3) is 5.91 Å². The highest BCUT2D eigenvalue weighted by Crippen LogP contribution is 2.17. The quantitative estimate of drug-likeness (QED) is 0.790. The van der Waals surface area contributed by atoms with Crippen LogP contribution in [0.25, 0.3) is 0 Å². The van der Waals surface area contributed by atoms with E-state index in [1.807, 2.05) is 0 Å². The number of hydrogen-bond donors (Lipinski definition) is 2. The third kappa shape index (κ3) is 5.04. The Balaban J connectivity index is 1.94. The van der Waals surface area contributed by atoms with Crippen molar-refractivity contribution in [3.8, 4) is 0 Å². The molecule has 0 spiro atoms. The summed E-state index contributed by atoms with van der Waals surface area (Å²) in [5.41, 5.74) is -0.0774. The van der Waals surface area contributed by atoms with Crippen LogP contribution in [0.4, 0.5) is 4.79 Å². The molecule has 0 radical (unpaired) electrons. The maximum Gasteiger partial charge on any atom is 0.407 e. The molecule has 1 saturated heterocycles. The first-order chi connectivity index (χ1) is 10.7. The number of alkyl carbamates (subject to hydrolysis) is 1. The summed E-state index contributed by atoms with van der Waals surface area (Å²) in [6.45, 7) is 5.46. The van der Waals surface area contributed by atoms with Crippen LogP contribution < -0.4 is 10.6 Å². The van der Waals surface area contributed by atoms with Gasteiger partial charge in [-0.25, -0.2) is 9.48 Å². The Morgan fingerprint density at radius 1 is 1.48 bits per heavy atom. The Morgan fingerprint density at radius 3 is 2.91 bits per heavy atom. The molecule has 9 nitrogen and oxygen atoms in total. The first-order valence-electron chi connectivity index (χ1n) is 7.46. The molecule has 2 N–H and O–H groups in total. The van der Waals surface area contributed by atoms with Crippen LogP contribution in [0.1, 0.15) is 51.8 Å². The van der Waals surface area contributed by atoms with Crippen molar-refractivity contribution in [2.45, 2.75) is 58.2 Å². The zero-order chi connectivity index (χ0) is 17.0. The van der Waals surface area contributed by atoms with Gasteiger partial charge in [0.1, 0.15) is 17.3 Å². The van der Waals surface area contributed by atoms with Crippen LogP contribution in [-0.4, -0.2) is 38.5 Å². The zero-order valence-corrected chi connectivity index (χ0v) is 13.5. The lowest BCUT2D eigenvalue weighted by molar-refractivity contribution is -0.131. The normalized spacial score (nSPS) is 19.0. The van der Waals surface area contributed by atoms with Gasteiger partial charge in [0, 0.05) is 6.42 Å². The zero-order valence-electron chi connectivity index (χ0n) is 13.5. The SMILES string of the molecule is CC(C)(C)OC(=O)NCc1cn(C2CCCC(=O)NC2=O)nn1. The van der Waals surface area contributed by atoms with Crippen molar-refractivity contribution in [2.24, 2.45) is 0 Å². The summed E-state index contributed by atoms with van der Waals surface area (Å²) in [6.07, 6.45) is 2.47. The molecule has 1 unspecified atom stereocenters. The van der Waals surface area contributed by atoms with E-state index in [-0.39, 0.29) is 18.4 Å². The number of amides is 3. The molecule has 1 aromatic heterocycles. The predicted molar refractivity (Wildman–Crippen MR) is 79.1 cm³/mol. The Bertz CT molecular complexity index is 605. The Hall–Kier alpha value is -2.45. The number of ether oxygens (including phenoxy) is 1. The number of carbonyl (C=O) groups excluding carboxylic acids is 3. The van der Waals surface area contributed by atoms with Gasteiger partial charge >= 0.3 is 6.09 Å². The second-order valence-corrected chi connectivity index (χ2v) is 6.37. The summed E-state index contributed by atoms with van der Waals surface area (Å²) in [5, 5.41) is 12.7. The number of imide groups is 1. The van der Waals surface area contributed by atoms with Crippen LogP contribution in [0.15, 0.2) is 6.20 Å². The number of nitrogens with one attached hydrogen (secondary N) is 2. The fourth-order valence-corrected chi connectivity index (χ4v) is 2.15. The molecule has 1 aliphatic heterocycles. The van der Waals surface area contributed by atoms with E-state index in [2.05, 4.69) is 20.9 Å². The molecular weight excluding hydrogens is 302 g/mol. The van der Waals surface area contributed by atoms with Gasteiger partial charge in [-0.1, -0.05) is 5.21 Å². The molecule has 0 aliphatic carbocycles. The fraction of sp³-hybridized carbons (Fsp3) is 0.643. The molecule has 0 saturated carbocycles. The monoisotopic (exact) mass is 323 g/mol. The Labute approximate surface area is 133 Å². The molecule has 126 valence electrons. The van der Waals surface area contributed by atoms with Crippen molar-refractivity contribution >= 4 is 17.9 Å². The van der Waals surface area contributed by atoms with E-state index in [1.165, 1.54) is 4.68 Å². The van der Waals surface area contributed by atoms with Gasteiger partial charge in [-0.05, 0) is 33.6 Å². The largest absolute Gasteiger partial charge is 0.444 e. The molecule has 0 bridgehead atoms. The predicted octanol–water partition coefficient (Wildman–Crippen LogP) is 0.671. The smallest absolute Gasteiger partial charge is 0.407 e. The standard InChI is InChI=1S/C14H21N5O4/c1-14(2,3)23-13(22)15-7-9-8-19(18-17-9)10-5-4-6-11(20)16-12(10)21/h8,10H,4-7H2,1-3H3,(H,15,22)(H,16,20,21). The minimum absolute atomic E-state index is 0.141. The molecule has 1 fully saturated rings. The van der Waals surface area contributed by atoms with Gasteiger partial charge in [0.05, 0.1) is 12.7 Å². The summed E-state index contributed by atoms with van der Waals surface area (Å²) in [4.78, 5) is 34.9. The molecule has 2 rings (SSSR count). The van der Waals surface area contributed by atoms with Gasteiger partial charge in [0.2, 0.25) is 5.91 Å². The maximum absolute atomic E-state index is 11.9. The van der Waals surface area contributed by atoms with E-state index in [0.29, 0.717) is 25.0 Å².